The first kappa shape index (κ1) is 12.2. The highest BCUT2D eigenvalue weighted by Gasteiger charge is 2.02. The maximum atomic E-state index is 4.14. The second-order valence-electron chi connectivity index (χ2n) is 4.15. The first-order valence-electron chi connectivity index (χ1n) is 5.84. The molecule has 0 aliphatic carbocycles. The molecule has 1 aromatic rings. The number of rotatable bonds is 7. The minimum absolute atomic E-state index is 0.568. The van der Waals surface area contributed by atoms with Crippen molar-refractivity contribution in [3.63, 3.8) is 0 Å². The predicted octanol–water partition coefficient (Wildman–Crippen LogP) is 1.62. The van der Waals surface area contributed by atoms with Gasteiger partial charge >= 0.3 is 0 Å². The van der Waals surface area contributed by atoms with Crippen molar-refractivity contribution in [2.45, 2.75) is 52.6 Å². The third-order valence-corrected chi connectivity index (χ3v) is 2.29. The van der Waals surface area contributed by atoms with E-state index < -0.39 is 0 Å². The fourth-order valence-corrected chi connectivity index (χ4v) is 1.54. The summed E-state index contributed by atoms with van der Waals surface area (Å²) < 4.78 is 2.15. The summed E-state index contributed by atoms with van der Waals surface area (Å²) >= 11 is 0. The van der Waals surface area contributed by atoms with E-state index >= 15 is 0 Å². The summed E-state index contributed by atoms with van der Waals surface area (Å²) in [6, 6.07) is 0.568. The van der Waals surface area contributed by atoms with Crippen molar-refractivity contribution in [2.24, 2.45) is 0 Å². The van der Waals surface area contributed by atoms with Crippen LogP contribution in [0.15, 0.2) is 6.33 Å². The summed E-state index contributed by atoms with van der Waals surface area (Å²) in [7, 11) is 0. The molecular formula is C11H22N4. The van der Waals surface area contributed by atoms with Gasteiger partial charge in [0, 0.05) is 19.0 Å². The van der Waals surface area contributed by atoms with Gasteiger partial charge in [-0.15, -0.1) is 10.2 Å². The first-order valence-corrected chi connectivity index (χ1v) is 5.84. The molecule has 86 valence electrons. The van der Waals surface area contributed by atoms with Gasteiger partial charge < -0.3 is 9.88 Å². The van der Waals surface area contributed by atoms with E-state index in [0.717, 1.165) is 38.2 Å². The number of aromatic nitrogens is 3. The Morgan fingerprint density at radius 1 is 1.47 bits per heavy atom. The van der Waals surface area contributed by atoms with Gasteiger partial charge in [0.05, 0.1) is 0 Å². The SMILES string of the molecule is CCCn1cnnc1CCCNC(C)C. The zero-order valence-electron chi connectivity index (χ0n) is 10.0. The average molecular weight is 210 g/mol. The van der Waals surface area contributed by atoms with Crippen LogP contribution in [0, 0.1) is 0 Å². The van der Waals surface area contributed by atoms with Crippen LogP contribution in [-0.2, 0) is 13.0 Å². The van der Waals surface area contributed by atoms with Gasteiger partial charge in [-0.1, -0.05) is 20.8 Å². The first-order chi connectivity index (χ1) is 7.24. The fraction of sp³-hybridized carbons (Fsp3) is 0.818. The Kier molecular flexibility index (Phi) is 5.32. The number of nitrogens with zero attached hydrogens (tertiary/aromatic N) is 3. The molecule has 0 aliphatic rings. The summed E-state index contributed by atoms with van der Waals surface area (Å²) in [6.45, 7) is 8.58. The normalized spacial score (nSPS) is 11.2. The molecule has 1 N–H and O–H groups in total. The van der Waals surface area contributed by atoms with Crippen LogP contribution in [0.2, 0.25) is 0 Å². The standard InChI is InChI=1S/C11H22N4/c1-4-8-15-9-13-14-11(15)6-5-7-12-10(2)3/h9-10,12H,4-8H2,1-3H3. The second-order valence-corrected chi connectivity index (χ2v) is 4.15. The monoisotopic (exact) mass is 210 g/mol. The van der Waals surface area contributed by atoms with Gasteiger partial charge in [0.1, 0.15) is 12.2 Å². The highest BCUT2D eigenvalue weighted by atomic mass is 15.3. The molecule has 1 aromatic heterocycles. The zero-order valence-corrected chi connectivity index (χ0v) is 10.0. The lowest BCUT2D eigenvalue weighted by Gasteiger charge is -2.08. The quantitative estimate of drug-likeness (QED) is 0.695. The van der Waals surface area contributed by atoms with Crippen molar-refractivity contribution in [2.75, 3.05) is 6.54 Å². The Labute approximate surface area is 92.1 Å². The van der Waals surface area contributed by atoms with Crippen LogP contribution in [0.3, 0.4) is 0 Å². The van der Waals surface area contributed by atoms with E-state index in [-0.39, 0.29) is 0 Å². The van der Waals surface area contributed by atoms with Gasteiger partial charge in [-0.3, -0.25) is 0 Å². The lowest BCUT2D eigenvalue weighted by molar-refractivity contribution is 0.554. The average Bonchev–Trinajstić information content (AvgIpc) is 2.61. The maximum Gasteiger partial charge on any atom is 0.132 e. The molecule has 0 spiro atoms. The Bertz CT molecular complexity index is 267. The lowest BCUT2D eigenvalue weighted by Crippen LogP contribution is -2.24. The van der Waals surface area contributed by atoms with Gasteiger partial charge in [-0.05, 0) is 19.4 Å². The Morgan fingerprint density at radius 2 is 2.27 bits per heavy atom. The minimum Gasteiger partial charge on any atom is -0.318 e. The van der Waals surface area contributed by atoms with Crippen molar-refractivity contribution in [3.05, 3.63) is 12.2 Å². The predicted molar refractivity (Wildman–Crippen MR) is 61.8 cm³/mol. The molecule has 1 heterocycles. The Morgan fingerprint density at radius 3 is 2.93 bits per heavy atom. The van der Waals surface area contributed by atoms with E-state index in [9.17, 15) is 0 Å². The van der Waals surface area contributed by atoms with Crippen molar-refractivity contribution in [3.8, 4) is 0 Å². The molecule has 4 heteroatoms. The minimum atomic E-state index is 0.568. The smallest absolute Gasteiger partial charge is 0.132 e. The topological polar surface area (TPSA) is 42.7 Å². The molecule has 0 saturated carbocycles. The van der Waals surface area contributed by atoms with Crippen molar-refractivity contribution >= 4 is 0 Å². The molecule has 0 aliphatic heterocycles. The van der Waals surface area contributed by atoms with E-state index in [1.54, 1.807) is 0 Å². The molecule has 15 heavy (non-hydrogen) atoms. The van der Waals surface area contributed by atoms with Crippen LogP contribution in [0.4, 0.5) is 0 Å². The molecule has 0 saturated heterocycles. The van der Waals surface area contributed by atoms with Crippen LogP contribution in [0.1, 0.15) is 39.4 Å². The number of nitrogens with one attached hydrogen (secondary N) is 1. The summed E-state index contributed by atoms with van der Waals surface area (Å²) in [4.78, 5) is 0. The van der Waals surface area contributed by atoms with Crippen LogP contribution < -0.4 is 5.32 Å². The van der Waals surface area contributed by atoms with Crippen LogP contribution in [0.25, 0.3) is 0 Å². The van der Waals surface area contributed by atoms with Crippen LogP contribution in [-0.4, -0.2) is 27.4 Å². The van der Waals surface area contributed by atoms with E-state index in [0.29, 0.717) is 6.04 Å². The van der Waals surface area contributed by atoms with Gasteiger partial charge in [-0.25, -0.2) is 0 Å². The molecule has 0 unspecified atom stereocenters. The van der Waals surface area contributed by atoms with E-state index in [1.165, 1.54) is 0 Å². The summed E-state index contributed by atoms with van der Waals surface area (Å²) in [5.41, 5.74) is 0. The van der Waals surface area contributed by atoms with Gasteiger partial charge in [-0.2, -0.15) is 0 Å². The highest BCUT2D eigenvalue weighted by Crippen LogP contribution is 2.00. The fourth-order valence-electron chi connectivity index (χ4n) is 1.54. The number of hydrogen-bond donors (Lipinski definition) is 1. The molecule has 0 aromatic carbocycles. The maximum absolute atomic E-state index is 4.14. The summed E-state index contributed by atoms with van der Waals surface area (Å²) in [5.74, 6) is 1.11. The second kappa shape index (κ2) is 6.56. The molecule has 0 amide bonds. The summed E-state index contributed by atoms with van der Waals surface area (Å²) in [5, 5.41) is 11.5. The van der Waals surface area contributed by atoms with Crippen LogP contribution >= 0.6 is 0 Å². The molecule has 1 rings (SSSR count). The Hall–Kier alpha value is -0.900. The third-order valence-electron chi connectivity index (χ3n) is 2.29. The van der Waals surface area contributed by atoms with Gasteiger partial charge in [0.2, 0.25) is 0 Å². The lowest BCUT2D eigenvalue weighted by atomic mass is 10.2. The van der Waals surface area contributed by atoms with Crippen molar-refractivity contribution < 1.29 is 0 Å². The Balaban J connectivity index is 2.27. The van der Waals surface area contributed by atoms with Crippen LogP contribution in [0.5, 0.6) is 0 Å². The zero-order chi connectivity index (χ0) is 11.1. The molecular weight excluding hydrogens is 188 g/mol. The molecule has 4 nitrogen and oxygen atoms in total. The van der Waals surface area contributed by atoms with E-state index in [4.69, 9.17) is 0 Å². The van der Waals surface area contributed by atoms with Gasteiger partial charge in [0.25, 0.3) is 0 Å². The summed E-state index contributed by atoms with van der Waals surface area (Å²) in [6.07, 6.45) is 5.10. The van der Waals surface area contributed by atoms with E-state index in [1.807, 2.05) is 6.33 Å². The molecule has 0 fully saturated rings. The third kappa shape index (κ3) is 4.42. The van der Waals surface area contributed by atoms with Crippen molar-refractivity contribution in [1.82, 2.24) is 20.1 Å². The molecule has 0 atom stereocenters. The number of hydrogen-bond acceptors (Lipinski definition) is 3. The van der Waals surface area contributed by atoms with Gasteiger partial charge in [0.15, 0.2) is 0 Å². The highest BCUT2D eigenvalue weighted by molar-refractivity contribution is 4.85. The largest absolute Gasteiger partial charge is 0.318 e. The molecule has 0 bridgehead atoms. The van der Waals surface area contributed by atoms with E-state index in [2.05, 4.69) is 40.9 Å². The van der Waals surface area contributed by atoms with Crippen molar-refractivity contribution in [1.29, 1.82) is 0 Å². The number of aryl methyl sites for hydroxylation is 2. The molecule has 0 radical (unpaired) electrons.